The Kier molecular flexibility index (Phi) is 6.46. The van der Waals surface area contributed by atoms with Crippen LogP contribution in [0.15, 0.2) is 42.5 Å². The zero-order valence-electron chi connectivity index (χ0n) is 12.7. The zero-order valence-corrected chi connectivity index (χ0v) is 14.2. The van der Waals surface area contributed by atoms with E-state index in [-0.39, 0.29) is 17.9 Å². The van der Waals surface area contributed by atoms with E-state index in [1.165, 1.54) is 12.1 Å². The number of hydrogen-bond acceptors (Lipinski definition) is 4. The van der Waals surface area contributed by atoms with E-state index in [0.717, 1.165) is 5.56 Å². The highest BCUT2D eigenvalue weighted by Crippen LogP contribution is 2.18. The number of hydrogen-bond donors (Lipinski definition) is 2. The van der Waals surface area contributed by atoms with Gasteiger partial charge in [-0.3, -0.25) is 4.79 Å². The van der Waals surface area contributed by atoms with Crippen molar-refractivity contribution in [3.63, 3.8) is 0 Å². The number of nitrogen functional groups attached to an aromatic ring is 1. The third-order valence-corrected chi connectivity index (χ3v) is 3.66. The fourth-order valence-electron chi connectivity index (χ4n) is 2.00. The SMILES string of the molecule is Nc1ccc(Cl)cc1C(=O)OCC(=O)NCCc1cccc(Cl)c1. The number of nitrogens with two attached hydrogens (primary N) is 1. The Morgan fingerprint density at radius 2 is 1.83 bits per heavy atom. The number of benzene rings is 2. The summed E-state index contributed by atoms with van der Waals surface area (Å²) in [6.07, 6.45) is 0.626. The predicted octanol–water partition coefficient (Wildman–Crippen LogP) is 3.09. The minimum atomic E-state index is -0.694. The summed E-state index contributed by atoms with van der Waals surface area (Å²) < 4.78 is 4.94. The number of carbonyl (C=O) groups excluding carboxylic acids is 2. The highest BCUT2D eigenvalue weighted by Gasteiger charge is 2.13. The lowest BCUT2D eigenvalue weighted by atomic mass is 10.1. The normalized spacial score (nSPS) is 10.2. The molecule has 0 aromatic heterocycles. The van der Waals surface area contributed by atoms with Crippen LogP contribution in [0.4, 0.5) is 5.69 Å². The molecule has 2 aromatic rings. The van der Waals surface area contributed by atoms with Gasteiger partial charge < -0.3 is 15.8 Å². The molecule has 0 unspecified atom stereocenters. The van der Waals surface area contributed by atoms with Crippen molar-refractivity contribution in [2.45, 2.75) is 6.42 Å². The quantitative estimate of drug-likeness (QED) is 0.607. The van der Waals surface area contributed by atoms with E-state index in [9.17, 15) is 9.59 Å². The third kappa shape index (κ3) is 5.44. The fourth-order valence-corrected chi connectivity index (χ4v) is 2.39. The Bertz CT molecular complexity index is 750. The van der Waals surface area contributed by atoms with E-state index in [1.54, 1.807) is 12.1 Å². The molecule has 24 heavy (non-hydrogen) atoms. The first-order valence-corrected chi connectivity index (χ1v) is 7.94. The second-order valence-corrected chi connectivity index (χ2v) is 5.91. The Morgan fingerprint density at radius 3 is 2.58 bits per heavy atom. The van der Waals surface area contributed by atoms with E-state index < -0.39 is 11.9 Å². The third-order valence-electron chi connectivity index (χ3n) is 3.19. The van der Waals surface area contributed by atoms with Crippen LogP contribution < -0.4 is 11.1 Å². The number of halogens is 2. The summed E-state index contributed by atoms with van der Waals surface area (Å²) in [5.41, 5.74) is 7.06. The van der Waals surface area contributed by atoms with Crippen LogP contribution in [-0.4, -0.2) is 25.0 Å². The molecule has 5 nitrogen and oxygen atoms in total. The lowest BCUT2D eigenvalue weighted by molar-refractivity contribution is -0.124. The van der Waals surface area contributed by atoms with Gasteiger partial charge in [0.25, 0.3) is 5.91 Å². The molecule has 0 atom stereocenters. The van der Waals surface area contributed by atoms with Crippen LogP contribution in [0.5, 0.6) is 0 Å². The van der Waals surface area contributed by atoms with Gasteiger partial charge in [0.15, 0.2) is 6.61 Å². The molecule has 2 rings (SSSR count). The van der Waals surface area contributed by atoms with Gasteiger partial charge in [-0.1, -0.05) is 35.3 Å². The summed E-state index contributed by atoms with van der Waals surface area (Å²) in [4.78, 5) is 23.6. The molecule has 0 radical (unpaired) electrons. The molecular formula is C17H16Cl2N2O3. The minimum absolute atomic E-state index is 0.134. The second-order valence-electron chi connectivity index (χ2n) is 5.04. The summed E-state index contributed by atoms with van der Waals surface area (Å²) in [7, 11) is 0. The Balaban J connectivity index is 1.76. The van der Waals surface area contributed by atoms with Gasteiger partial charge in [-0.2, -0.15) is 0 Å². The van der Waals surface area contributed by atoms with Crippen LogP contribution in [0, 0.1) is 0 Å². The average molecular weight is 367 g/mol. The lowest BCUT2D eigenvalue weighted by Crippen LogP contribution is -2.30. The molecule has 0 aliphatic rings. The Labute approximate surface area is 149 Å². The van der Waals surface area contributed by atoms with Crippen LogP contribution in [0.1, 0.15) is 15.9 Å². The van der Waals surface area contributed by atoms with E-state index in [1.807, 2.05) is 18.2 Å². The van der Waals surface area contributed by atoms with Crippen LogP contribution in [-0.2, 0) is 16.0 Å². The maximum absolute atomic E-state index is 11.9. The molecule has 0 heterocycles. The van der Waals surface area contributed by atoms with E-state index in [2.05, 4.69) is 5.32 Å². The van der Waals surface area contributed by atoms with Crippen LogP contribution in [0.25, 0.3) is 0 Å². The van der Waals surface area contributed by atoms with Gasteiger partial charge in [-0.15, -0.1) is 0 Å². The first kappa shape index (κ1) is 18.1. The first-order valence-electron chi connectivity index (χ1n) is 7.19. The highest BCUT2D eigenvalue weighted by molar-refractivity contribution is 6.31. The van der Waals surface area contributed by atoms with E-state index >= 15 is 0 Å². The van der Waals surface area contributed by atoms with Crippen molar-refractivity contribution in [3.8, 4) is 0 Å². The highest BCUT2D eigenvalue weighted by atomic mass is 35.5. The Morgan fingerprint density at radius 1 is 1.08 bits per heavy atom. The lowest BCUT2D eigenvalue weighted by Gasteiger charge is -2.08. The Hall–Kier alpha value is -2.24. The van der Waals surface area contributed by atoms with Gasteiger partial charge in [-0.25, -0.2) is 4.79 Å². The summed E-state index contributed by atoms with van der Waals surface area (Å²) in [5, 5.41) is 3.68. The molecule has 0 fully saturated rings. The summed E-state index contributed by atoms with van der Waals surface area (Å²) >= 11 is 11.7. The summed E-state index contributed by atoms with van der Waals surface area (Å²) in [6, 6.07) is 11.8. The average Bonchev–Trinajstić information content (AvgIpc) is 2.55. The summed E-state index contributed by atoms with van der Waals surface area (Å²) in [5.74, 6) is -1.09. The maximum atomic E-state index is 11.9. The topological polar surface area (TPSA) is 81.4 Å². The van der Waals surface area contributed by atoms with Gasteiger partial charge in [0.05, 0.1) is 5.56 Å². The van der Waals surface area contributed by atoms with Gasteiger partial charge in [0.2, 0.25) is 0 Å². The van der Waals surface area contributed by atoms with Crippen molar-refractivity contribution in [3.05, 3.63) is 63.6 Å². The molecule has 0 aliphatic carbocycles. The van der Waals surface area contributed by atoms with Crippen molar-refractivity contribution < 1.29 is 14.3 Å². The molecule has 0 saturated carbocycles. The fraction of sp³-hybridized carbons (Fsp3) is 0.176. The van der Waals surface area contributed by atoms with Gasteiger partial charge in [-0.05, 0) is 42.3 Å². The maximum Gasteiger partial charge on any atom is 0.340 e. The zero-order chi connectivity index (χ0) is 17.5. The molecule has 0 bridgehead atoms. The molecule has 0 aliphatic heterocycles. The van der Waals surface area contributed by atoms with Crippen LogP contribution in [0.2, 0.25) is 10.0 Å². The van der Waals surface area contributed by atoms with Crippen molar-refractivity contribution >= 4 is 40.8 Å². The standard InChI is InChI=1S/C17H16Cl2N2O3/c18-12-3-1-2-11(8-12)6-7-21-16(22)10-24-17(23)14-9-13(19)4-5-15(14)20/h1-5,8-9H,6-7,10,20H2,(H,21,22). The molecule has 2 aromatic carbocycles. The van der Waals surface area contributed by atoms with Gasteiger partial charge in [0, 0.05) is 22.3 Å². The number of anilines is 1. The number of rotatable bonds is 6. The molecule has 7 heteroatoms. The molecule has 3 N–H and O–H groups in total. The number of carbonyl (C=O) groups is 2. The first-order chi connectivity index (χ1) is 11.5. The molecule has 1 amide bonds. The largest absolute Gasteiger partial charge is 0.452 e. The molecule has 0 spiro atoms. The number of ether oxygens (including phenoxy) is 1. The van der Waals surface area contributed by atoms with E-state index in [4.69, 9.17) is 33.7 Å². The minimum Gasteiger partial charge on any atom is -0.452 e. The predicted molar refractivity (Wildman–Crippen MR) is 94.3 cm³/mol. The van der Waals surface area contributed by atoms with Crippen molar-refractivity contribution in [1.82, 2.24) is 5.32 Å². The second kappa shape index (κ2) is 8.57. The molecule has 126 valence electrons. The van der Waals surface area contributed by atoms with Crippen molar-refractivity contribution in [2.75, 3.05) is 18.9 Å². The van der Waals surface area contributed by atoms with Crippen molar-refractivity contribution in [1.29, 1.82) is 0 Å². The monoisotopic (exact) mass is 366 g/mol. The molecule has 0 saturated heterocycles. The molecular weight excluding hydrogens is 351 g/mol. The number of nitrogens with one attached hydrogen (secondary N) is 1. The van der Waals surface area contributed by atoms with Crippen molar-refractivity contribution in [2.24, 2.45) is 0 Å². The smallest absolute Gasteiger partial charge is 0.340 e. The number of esters is 1. The summed E-state index contributed by atoms with van der Waals surface area (Å²) in [6.45, 7) is 0.0242. The van der Waals surface area contributed by atoms with Gasteiger partial charge >= 0.3 is 5.97 Å². The number of amides is 1. The van der Waals surface area contributed by atoms with Crippen LogP contribution >= 0.6 is 23.2 Å². The van der Waals surface area contributed by atoms with Gasteiger partial charge in [0.1, 0.15) is 0 Å². The van der Waals surface area contributed by atoms with E-state index in [0.29, 0.717) is 23.0 Å². The van der Waals surface area contributed by atoms with Crippen LogP contribution in [0.3, 0.4) is 0 Å².